The second kappa shape index (κ2) is 6.16. The lowest BCUT2D eigenvalue weighted by atomic mass is 10.0. The van der Waals surface area contributed by atoms with E-state index in [0.717, 1.165) is 5.13 Å². The van der Waals surface area contributed by atoms with Gasteiger partial charge in [-0.15, -0.1) is 11.3 Å². The standard InChI is InChI=1S/C13H16N2O2S2/c1-8(2)11(9-5-4-6-18-9)15-13-14-7-10(19-13)12(16)17-3/h4-8,11H,1-3H3,(H,14,15). The molecular formula is C13H16N2O2S2. The highest BCUT2D eigenvalue weighted by molar-refractivity contribution is 7.17. The average molecular weight is 296 g/mol. The molecule has 19 heavy (non-hydrogen) atoms. The van der Waals surface area contributed by atoms with Crippen molar-refractivity contribution in [3.8, 4) is 0 Å². The van der Waals surface area contributed by atoms with Gasteiger partial charge < -0.3 is 10.1 Å². The molecule has 0 bridgehead atoms. The van der Waals surface area contributed by atoms with Crippen LogP contribution in [-0.4, -0.2) is 18.1 Å². The van der Waals surface area contributed by atoms with Crippen LogP contribution in [0.15, 0.2) is 23.7 Å². The highest BCUT2D eigenvalue weighted by Gasteiger charge is 2.19. The summed E-state index contributed by atoms with van der Waals surface area (Å²) in [4.78, 5) is 17.4. The Hall–Kier alpha value is -1.40. The number of hydrogen-bond acceptors (Lipinski definition) is 6. The van der Waals surface area contributed by atoms with E-state index < -0.39 is 0 Å². The number of nitrogens with one attached hydrogen (secondary N) is 1. The molecule has 0 aliphatic heterocycles. The summed E-state index contributed by atoms with van der Waals surface area (Å²) in [5.74, 6) is 0.0897. The van der Waals surface area contributed by atoms with Gasteiger partial charge in [0.05, 0.1) is 19.3 Å². The Kier molecular flexibility index (Phi) is 4.55. The third kappa shape index (κ3) is 3.33. The molecule has 1 atom stereocenters. The molecule has 0 saturated heterocycles. The number of aromatic nitrogens is 1. The molecule has 4 nitrogen and oxygen atoms in total. The van der Waals surface area contributed by atoms with Gasteiger partial charge in [-0.25, -0.2) is 9.78 Å². The zero-order chi connectivity index (χ0) is 13.8. The molecule has 2 aromatic rings. The fraction of sp³-hybridized carbons (Fsp3) is 0.385. The molecule has 0 amide bonds. The largest absolute Gasteiger partial charge is 0.465 e. The number of thiophene rings is 1. The van der Waals surface area contributed by atoms with Crippen molar-refractivity contribution in [3.05, 3.63) is 33.5 Å². The molecule has 0 spiro atoms. The fourth-order valence-electron chi connectivity index (χ4n) is 1.70. The maximum Gasteiger partial charge on any atom is 0.349 e. The normalized spacial score (nSPS) is 12.4. The van der Waals surface area contributed by atoms with Crippen LogP contribution in [0.25, 0.3) is 0 Å². The first-order valence-electron chi connectivity index (χ1n) is 5.96. The van der Waals surface area contributed by atoms with E-state index in [0.29, 0.717) is 10.8 Å². The number of anilines is 1. The van der Waals surface area contributed by atoms with E-state index in [1.165, 1.54) is 23.3 Å². The van der Waals surface area contributed by atoms with Gasteiger partial charge in [0.2, 0.25) is 0 Å². The van der Waals surface area contributed by atoms with Crippen LogP contribution in [0.1, 0.15) is 34.4 Å². The second-order valence-corrected chi connectivity index (χ2v) is 6.41. The van der Waals surface area contributed by atoms with Crippen molar-refractivity contribution in [2.45, 2.75) is 19.9 Å². The van der Waals surface area contributed by atoms with E-state index in [2.05, 4.69) is 40.3 Å². The predicted molar refractivity (Wildman–Crippen MR) is 79.0 cm³/mol. The zero-order valence-corrected chi connectivity index (χ0v) is 12.7. The van der Waals surface area contributed by atoms with Gasteiger partial charge in [0, 0.05) is 4.88 Å². The summed E-state index contributed by atoms with van der Waals surface area (Å²) in [5, 5.41) is 6.20. The van der Waals surface area contributed by atoms with Crippen LogP contribution in [0.2, 0.25) is 0 Å². The lowest BCUT2D eigenvalue weighted by molar-refractivity contribution is 0.0606. The van der Waals surface area contributed by atoms with Gasteiger partial charge in [-0.2, -0.15) is 0 Å². The first kappa shape index (κ1) is 14.0. The van der Waals surface area contributed by atoms with Gasteiger partial charge in [0.25, 0.3) is 0 Å². The first-order chi connectivity index (χ1) is 9.11. The molecule has 0 saturated carbocycles. The Morgan fingerprint density at radius 1 is 1.47 bits per heavy atom. The minimum absolute atomic E-state index is 0.205. The smallest absolute Gasteiger partial charge is 0.349 e. The number of rotatable bonds is 5. The summed E-state index contributed by atoms with van der Waals surface area (Å²) < 4.78 is 4.68. The molecule has 0 radical (unpaired) electrons. The number of ether oxygens (including phenoxy) is 1. The van der Waals surface area contributed by atoms with E-state index in [-0.39, 0.29) is 12.0 Å². The number of methoxy groups -OCH3 is 1. The fourth-order valence-corrected chi connectivity index (χ4v) is 3.42. The Bertz CT molecular complexity index is 535. The van der Waals surface area contributed by atoms with Crippen LogP contribution < -0.4 is 5.32 Å². The van der Waals surface area contributed by atoms with Crippen molar-refractivity contribution in [2.24, 2.45) is 5.92 Å². The molecule has 2 heterocycles. The molecule has 2 rings (SSSR count). The number of thiazole rings is 1. The number of carbonyl (C=O) groups is 1. The quantitative estimate of drug-likeness (QED) is 0.853. The number of esters is 1. The molecule has 0 aromatic carbocycles. The van der Waals surface area contributed by atoms with Crippen LogP contribution >= 0.6 is 22.7 Å². The van der Waals surface area contributed by atoms with E-state index >= 15 is 0 Å². The molecule has 6 heteroatoms. The Balaban J connectivity index is 2.14. The van der Waals surface area contributed by atoms with Crippen LogP contribution in [0, 0.1) is 5.92 Å². The van der Waals surface area contributed by atoms with Crippen molar-refractivity contribution in [2.75, 3.05) is 12.4 Å². The van der Waals surface area contributed by atoms with Gasteiger partial charge in [0.1, 0.15) is 4.88 Å². The van der Waals surface area contributed by atoms with Crippen LogP contribution in [0.5, 0.6) is 0 Å². The monoisotopic (exact) mass is 296 g/mol. The average Bonchev–Trinajstić information content (AvgIpc) is 3.05. The summed E-state index contributed by atoms with van der Waals surface area (Å²) in [6, 6.07) is 4.35. The maximum absolute atomic E-state index is 11.4. The lowest BCUT2D eigenvalue weighted by Gasteiger charge is -2.20. The van der Waals surface area contributed by atoms with E-state index in [4.69, 9.17) is 0 Å². The van der Waals surface area contributed by atoms with Crippen LogP contribution in [0.3, 0.4) is 0 Å². The molecule has 102 valence electrons. The van der Waals surface area contributed by atoms with Crippen molar-refractivity contribution in [3.63, 3.8) is 0 Å². The van der Waals surface area contributed by atoms with Gasteiger partial charge >= 0.3 is 5.97 Å². The lowest BCUT2D eigenvalue weighted by Crippen LogP contribution is -2.15. The third-order valence-electron chi connectivity index (χ3n) is 2.69. The first-order valence-corrected chi connectivity index (χ1v) is 7.65. The molecule has 1 N–H and O–H groups in total. The predicted octanol–water partition coefficient (Wildman–Crippen LogP) is 3.80. The summed E-state index contributed by atoms with van der Waals surface area (Å²) in [5.41, 5.74) is 0. The van der Waals surface area contributed by atoms with Gasteiger partial charge in [-0.1, -0.05) is 31.3 Å². The van der Waals surface area contributed by atoms with Crippen LogP contribution in [0.4, 0.5) is 5.13 Å². The molecule has 0 fully saturated rings. The maximum atomic E-state index is 11.4. The van der Waals surface area contributed by atoms with Gasteiger partial charge in [0.15, 0.2) is 5.13 Å². The van der Waals surface area contributed by atoms with E-state index in [1.807, 2.05) is 6.07 Å². The minimum atomic E-state index is -0.345. The Morgan fingerprint density at radius 2 is 2.26 bits per heavy atom. The molecular weight excluding hydrogens is 280 g/mol. The number of nitrogens with zero attached hydrogens (tertiary/aromatic N) is 1. The van der Waals surface area contributed by atoms with Gasteiger partial charge in [-0.3, -0.25) is 0 Å². The van der Waals surface area contributed by atoms with Crippen molar-refractivity contribution >= 4 is 33.8 Å². The topological polar surface area (TPSA) is 51.2 Å². The van der Waals surface area contributed by atoms with E-state index in [9.17, 15) is 4.79 Å². The molecule has 1 unspecified atom stereocenters. The summed E-state index contributed by atoms with van der Waals surface area (Å²) in [7, 11) is 1.37. The number of hydrogen-bond donors (Lipinski definition) is 1. The van der Waals surface area contributed by atoms with Crippen LogP contribution in [-0.2, 0) is 4.74 Å². The highest BCUT2D eigenvalue weighted by atomic mass is 32.1. The Labute approximate surface area is 120 Å². The van der Waals surface area contributed by atoms with E-state index in [1.54, 1.807) is 17.5 Å². The van der Waals surface area contributed by atoms with Crippen molar-refractivity contribution in [1.82, 2.24) is 4.98 Å². The number of carbonyl (C=O) groups excluding carboxylic acids is 1. The van der Waals surface area contributed by atoms with Crippen molar-refractivity contribution in [1.29, 1.82) is 0 Å². The van der Waals surface area contributed by atoms with Crippen molar-refractivity contribution < 1.29 is 9.53 Å². The van der Waals surface area contributed by atoms with Gasteiger partial charge in [-0.05, 0) is 17.4 Å². The SMILES string of the molecule is COC(=O)c1cnc(NC(c2cccs2)C(C)C)s1. The summed E-state index contributed by atoms with van der Waals surface area (Å²) >= 11 is 3.04. The third-order valence-corrected chi connectivity index (χ3v) is 4.55. The Morgan fingerprint density at radius 3 is 2.84 bits per heavy atom. The zero-order valence-electron chi connectivity index (χ0n) is 11.0. The highest BCUT2D eigenvalue weighted by Crippen LogP contribution is 2.31. The molecule has 0 aliphatic carbocycles. The summed E-state index contributed by atoms with van der Waals surface area (Å²) in [6.07, 6.45) is 1.55. The minimum Gasteiger partial charge on any atom is -0.465 e. The molecule has 2 aromatic heterocycles. The summed E-state index contributed by atoms with van der Waals surface area (Å²) in [6.45, 7) is 4.32. The second-order valence-electron chi connectivity index (χ2n) is 4.40. The molecule has 0 aliphatic rings.